The molecule has 2 heterocycles. The van der Waals surface area contributed by atoms with Crippen molar-refractivity contribution in [2.75, 3.05) is 13.1 Å². The fourth-order valence-electron chi connectivity index (χ4n) is 2.84. The number of aromatic nitrogens is 2. The molecule has 21 heavy (non-hydrogen) atoms. The first-order valence-electron chi connectivity index (χ1n) is 7.53. The van der Waals surface area contributed by atoms with E-state index in [-0.39, 0.29) is 12.0 Å². The molecule has 1 aliphatic heterocycles. The molecule has 1 aromatic carbocycles. The second-order valence-corrected chi connectivity index (χ2v) is 5.77. The lowest BCUT2D eigenvalue weighted by atomic mass is 10.1. The highest BCUT2D eigenvalue weighted by atomic mass is 16.3. The van der Waals surface area contributed by atoms with Crippen molar-refractivity contribution < 1.29 is 9.90 Å². The second kappa shape index (κ2) is 5.85. The van der Waals surface area contributed by atoms with Crippen molar-refractivity contribution in [3.63, 3.8) is 0 Å². The first kappa shape index (κ1) is 14.1. The molecule has 0 unspecified atom stereocenters. The number of aromatic amines is 1. The molecule has 1 fully saturated rings. The number of benzene rings is 1. The number of fused-ring (bicyclic) bond motifs is 1. The van der Waals surface area contributed by atoms with Crippen LogP contribution >= 0.6 is 0 Å². The Bertz CT molecular complexity index is 642. The molecule has 1 aliphatic rings. The van der Waals surface area contributed by atoms with Gasteiger partial charge in [0.15, 0.2) is 0 Å². The van der Waals surface area contributed by atoms with Crippen LogP contribution in [-0.2, 0) is 11.2 Å². The van der Waals surface area contributed by atoms with Crippen molar-refractivity contribution in [2.24, 2.45) is 0 Å². The van der Waals surface area contributed by atoms with Crippen LogP contribution in [0.15, 0.2) is 18.2 Å². The van der Waals surface area contributed by atoms with E-state index in [1.165, 1.54) is 0 Å². The SMILES string of the molecule is Cc1cccc2[nH]c(CCC(=O)N3CCC(O)CC3)nc12. The van der Waals surface area contributed by atoms with E-state index in [1.807, 2.05) is 30.0 Å². The van der Waals surface area contributed by atoms with Crippen LogP contribution < -0.4 is 0 Å². The number of amides is 1. The molecule has 0 spiro atoms. The number of hydrogen-bond donors (Lipinski definition) is 2. The van der Waals surface area contributed by atoms with Crippen LogP contribution in [0.2, 0.25) is 0 Å². The molecular weight excluding hydrogens is 266 g/mol. The number of para-hydroxylation sites is 1. The minimum atomic E-state index is -0.243. The van der Waals surface area contributed by atoms with Gasteiger partial charge in [-0.2, -0.15) is 0 Å². The van der Waals surface area contributed by atoms with Gasteiger partial charge in [-0.3, -0.25) is 4.79 Å². The number of rotatable bonds is 3. The summed E-state index contributed by atoms with van der Waals surface area (Å²) < 4.78 is 0. The van der Waals surface area contributed by atoms with Crippen LogP contribution in [0, 0.1) is 6.92 Å². The van der Waals surface area contributed by atoms with Crippen molar-refractivity contribution in [3.05, 3.63) is 29.6 Å². The summed E-state index contributed by atoms with van der Waals surface area (Å²) >= 11 is 0. The van der Waals surface area contributed by atoms with Gasteiger partial charge in [-0.1, -0.05) is 12.1 Å². The normalized spacial score (nSPS) is 16.6. The molecule has 5 heteroatoms. The number of hydrogen-bond acceptors (Lipinski definition) is 3. The van der Waals surface area contributed by atoms with Gasteiger partial charge in [0.25, 0.3) is 0 Å². The third-order valence-corrected chi connectivity index (χ3v) is 4.16. The van der Waals surface area contributed by atoms with Crippen molar-refractivity contribution in [1.29, 1.82) is 0 Å². The van der Waals surface area contributed by atoms with Gasteiger partial charge in [-0.05, 0) is 31.4 Å². The minimum absolute atomic E-state index is 0.152. The summed E-state index contributed by atoms with van der Waals surface area (Å²) in [6.07, 6.45) is 2.24. The Morgan fingerprint density at radius 2 is 2.19 bits per heavy atom. The van der Waals surface area contributed by atoms with Crippen LogP contribution in [0.25, 0.3) is 11.0 Å². The first-order valence-corrected chi connectivity index (χ1v) is 7.53. The number of imidazole rings is 1. The summed E-state index contributed by atoms with van der Waals surface area (Å²) in [6, 6.07) is 6.05. The Morgan fingerprint density at radius 3 is 2.90 bits per heavy atom. The van der Waals surface area contributed by atoms with Gasteiger partial charge in [0.05, 0.1) is 17.1 Å². The Balaban J connectivity index is 1.61. The number of nitrogens with one attached hydrogen (secondary N) is 1. The van der Waals surface area contributed by atoms with Gasteiger partial charge in [-0.25, -0.2) is 4.98 Å². The zero-order chi connectivity index (χ0) is 14.8. The van der Waals surface area contributed by atoms with Gasteiger partial charge < -0.3 is 15.0 Å². The second-order valence-electron chi connectivity index (χ2n) is 5.77. The first-order chi connectivity index (χ1) is 10.1. The smallest absolute Gasteiger partial charge is 0.223 e. The van der Waals surface area contributed by atoms with Crippen molar-refractivity contribution in [1.82, 2.24) is 14.9 Å². The lowest BCUT2D eigenvalue weighted by molar-refractivity contribution is -0.133. The molecule has 3 rings (SSSR count). The van der Waals surface area contributed by atoms with E-state index >= 15 is 0 Å². The molecule has 0 atom stereocenters. The molecular formula is C16H21N3O2. The summed E-state index contributed by atoms with van der Waals surface area (Å²) in [7, 11) is 0. The average Bonchev–Trinajstić information content (AvgIpc) is 2.90. The number of H-pyrrole nitrogens is 1. The van der Waals surface area contributed by atoms with Gasteiger partial charge in [-0.15, -0.1) is 0 Å². The number of aliphatic hydroxyl groups is 1. The molecule has 1 aromatic heterocycles. The number of likely N-dealkylation sites (tertiary alicyclic amines) is 1. The summed E-state index contributed by atoms with van der Waals surface area (Å²) in [4.78, 5) is 21.9. The maximum Gasteiger partial charge on any atom is 0.223 e. The number of aliphatic hydroxyl groups excluding tert-OH is 1. The topological polar surface area (TPSA) is 69.2 Å². The van der Waals surface area contributed by atoms with Crippen LogP contribution in [0.1, 0.15) is 30.7 Å². The molecule has 5 nitrogen and oxygen atoms in total. The molecule has 1 amide bonds. The van der Waals surface area contributed by atoms with Gasteiger partial charge >= 0.3 is 0 Å². The third kappa shape index (κ3) is 3.08. The quantitative estimate of drug-likeness (QED) is 0.904. The Labute approximate surface area is 124 Å². The highest BCUT2D eigenvalue weighted by Crippen LogP contribution is 2.17. The van der Waals surface area contributed by atoms with Gasteiger partial charge in [0.1, 0.15) is 5.82 Å². The number of nitrogens with zero attached hydrogens (tertiary/aromatic N) is 2. The van der Waals surface area contributed by atoms with Crippen LogP contribution in [0.5, 0.6) is 0 Å². The highest BCUT2D eigenvalue weighted by Gasteiger charge is 2.21. The zero-order valence-electron chi connectivity index (χ0n) is 12.3. The predicted octanol–water partition coefficient (Wildman–Crippen LogP) is 1.79. The van der Waals surface area contributed by atoms with E-state index in [0.29, 0.717) is 38.8 Å². The van der Waals surface area contributed by atoms with Crippen LogP contribution in [0.3, 0.4) is 0 Å². The molecule has 0 saturated carbocycles. The molecule has 112 valence electrons. The predicted molar refractivity (Wildman–Crippen MR) is 81.0 cm³/mol. The molecule has 1 saturated heterocycles. The molecule has 0 aliphatic carbocycles. The van der Waals surface area contributed by atoms with E-state index < -0.39 is 0 Å². The van der Waals surface area contributed by atoms with Gasteiger partial charge in [0, 0.05) is 25.9 Å². The van der Waals surface area contributed by atoms with Crippen LogP contribution in [0.4, 0.5) is 0 Å². The summed E-state index contributed by atoms with van der Waals surface area (Å²) in [5.74, 6) is 1.02. The molecule has 0 radical (unpaired) electrons. The van der Waals surface area contributed by atoms with E-state index in [4.69, 9.17) is 0 Å². The van der Waals surface area contributed by atoms with Crippen LogP contribution in [-0.4, -0.2) is 45.1 Å². The monoisotopic (exact) mass is 287 g/mol. The maximum absolute atomic E-state index is 12.2. The number of aryl methyl sites for hydroxylation is 2. The summed E-state index contributed by atoms with van der Waals surface area (Å²) in [5.41, 5.74) is 3.16. The Morgan fingerprint density at radius 1 is 1.43 bits per heavy atom. The summed E-state index contributed by atoms with van der Waals surface area (Å²) in [5, 5.41) is 9.47. The van der Waals surface area contributed by atoms with E-state index in [2.05, 4.69) is 9.97 Å². The van der Waals surface area contributed by atoms with Crippen molar-refractivity contribution in [3.8, 4) is 0 Å². The summed E-state index contributed by atoms with van der Waals surface area (Å²) in [6.45, 7) is 3.37. The lowest BCUT2D eigenvalue weighted by Gasteiger charge is -2.29. The largest absolute Gasteiger partial charge is 0.393 e. The van der Waals surface area contributed by atoms with E-state index in [1.54, 1.807) is 0 Å². The lowest BCUT2D eigenvalue weighted by Crippen LogP contribution is -2.40. The van der Waals surface area contributed by atoms with Crippen molar-refractivity contribution >= 4 is 16.9 Å². The molecule has 2 aromatic rings. The highest BCUT2D eigenvalue weighted by molar-refractivity contribution is 5.79. The maximum atomic E-state index is 12.2. The van der Waals surface area contributed by atoms with Gasteiger partial charge in [0.2, 0.25) is 5.91 Å². The zero-order valence-corrected chi connectivity index (χ0v) is 12.3. The fraction of sp³-hybridized carbons (Fsp3) is 0.500. The third-order valence-electron chi connectivity index (χ3n) is 4.16. The minimum Gasteiger partial charge on any atom is -0.393 e. The number of carbonyl (C=O) groups excluding carboxylic acids is 1. The molecule has 2 N–H and O–H groups in total. The fourth-order valence-corrected chi connectivity index (χ4v) is 2.84. The van der Waals surface area contributed by atoms with E-state index in [0.717, 1.165) is 22.4 Å². The Kier molecular flexibility index (Phi) is 3.92. The number of piperidine rings is 1. The Hall–Kier alpha value is -1.88. The number of carbonyl (C=O) groups is 1. The van der Waals surface area contributed by atoms with E-state index in [9.17, 15) is 9.90 Å². The standard InChI is InChI=1S/C16H21N3O2/c1-11-3-2-4-13-16(11)18-14(17-13)5-6-15(21)19-9-7-12(20)8-10-19/h2-4,12,20H,5-10H2,1H3,(H,17,18). The van der Waals surface area contributed by atoms with Crippen molar-refractivity contribution in [2.45, 2.75) is 38.7 Å². The average molecular weight is 287 g/mol. The molecule has 0 bridgehead atoms.